The largest absolute Gasteiger partial charge is 0.507 e. The minimum Gasteiger partial charge on any atom is -0.507 e. The number of carboxylic acids is 1. The molecule has 0 saturated carbocycles. The first-order valence-electron chi connectivity index (χ1n) is 12.5. The van der Waals surface area contributed by atoms with Crippen LogP contribution in [0.1, 0.15) is 30.6 Å². The van der Waals surface area contributed by atoms with Crippen LogP contribution in [0, 0.1) is 11.7 Å². The molecule has 3 aliphatic rings. The fraction of sp³-hybridized carbons (Fsp3) is 0.407. The quantitative estimate of drug-likeness (QED) is 0.549. The zero-order chi connectivity index (χ0) is 28.2. The Morgan fingerprint density at radius 1 is 1.26 bits per heavy atom. The third-order valence-electron chi connectivity index (χ3n) is 7.65. The molecule has 12 heteroatoms. The molecule has 39 heavy (non-hydrogen) atoms. The number of amides is 2. The highest BCUT2D eigenvalue weighted by Crippen LogP contribution is 2.48. The summed E-state index contributed by atoms with van der Waals surface area (Å²) in [6.45, 7) is 7.96. The summed E-state index contributed by atoms with van der Waals surface area (Å²) >= 11 is 6.74. The van der Waals surface area contributed by atoms with Crippen LogP contribution in [-0.4, -0.2) is 87.1 Å². The van der Waals surface area contributed by atoms with Crippen LogP contribution in [0.25, 0.3) is 11.3 Å². The van der Waals surface area contributed by atoms with E-state index in [4.69, 9.17) is 16.3 Å². The summed E-state index contributed by atoms with van der Waals surface area (Å²) in [7, 11) is 0. The highest BCUT2D eigenvalue weighted by molar-refractivity contribution is 6.35. The molecule has 2 fully saturated rings. The Morgan fingerprint density at radius 3 is 2.64 bits per heavy atom. The van der Waals surface area contributed by atoms with Crippen LogP contribution in [0.3, 0.4) is 0 Å². The molecule has 4 heterocycles. The van der Waals surface area contributed by atoms with Crippen molar-refractivity contribution in [2.24, 2.45) is 5.92 Å². The van der Waals surface area contributed by atoms with Gasteiger partial charge in [-0.3, -0.25) is 14.4 Å². The Morgan fingerprint density at radius 2 is 2.00 bits per heavy atom. The molecule has 3 aliphatic heterocycles. The maximum atomic E-state index is 15.0. The number of carbonyl (C=O) groups excluding carboxylic acids is 2. The normalized spacial score (nSPS) is 22.1. The molecule has 2 N–H and O–H groups in total. The summed E-state index contributed by atoms with van der Waals surface area (Å²) < 4.78 is 21.1. The average molecular weight is 559 g/mol. The van der Waals surface area contributed by atoms with Gasteiger partial charge in [0.15, 0.2) is 5.75 Å². The number of rotatable bonds is 4. The van der Waals surface area contributed by atoms with Crippen molar-refractivity contribution >= 4 is 35.2 Å². The highest BCUT2D eigenvalue weighted by atomic mass is 35.5. The van der Waals surface area contributed by atoms with E-state index in [1.165, 1.54) is 18.2 Å². The number of ether oxygens (including phenoxy) is 1. The van der Waals surface area contributed by atoms with E-state index in [1.54, 1.807) is 14.7 Å². The number of nitrogens with zero attached hydrogens (tertiary/aromatic N) is 4. The van der Waals surface area contributed by atoms with E-state index in [9.17, 15) is 24.6 Å². The van der Waals surface area contributed by atoms with Gasteiger partial charge in [-0.2, -0.15) is 0 Å². The second-order valence-electron chi connectivity index (χ2n) is 10.6. The molecule has 2 amide bonds. The number of pyridine rings is 1. The molecular formula is C27H28ClFN4O6. The van der Waals surface area contributed by atoms with Crippen LogP contribution in [0.5, 0.6) is 11.5 Å². The van der Waals surface area contributed by atoms with Crippen LogP contribution in [0.2, 0.25) is 5.02 Å². The Hall–Kier alpha value is -3.86. The Labute approximate surface area is 229 Å². The minimum atomic E-state index is -0.983. The van der Waals surface area contributed by atoms with Gasteiger partial charge >= 0.3 is 5.97 Å². The fourth-order valence-corrected chi connectivity index (χ4v) is 5.95. The van der Waals surface area contributed by atoms with Crippen molar-refractivity contribution in [3.8, 4) is 22.8 Å². The summed E-state index contributed by atoms with van der Waals surface area (Å²) in [6.07, 6.45) is 1.49. The van der Waals surface area contributed by atoms with Gasteiger partial charge in [0.05, 0.1) is 17.5 Å². The maximum absolute atomic E-state index is 15.0. The number of aromatic nitrogens is 1. The first kappa shape index (κ1) is 26.7. The number of benzene rings is 1. The number of halogens is 2. The van der Waals surface area contributed by atoms with E-state index in [2.05, 4.69) is 11.6 Å². The van der Waals surface area contributed by atoms with E-state index in [0.29, 0.717) is 0 Å². The number of piperazine rings is 1. The molecule has 1 aromatic carbocycles. The van der Waals surface area contributed by atoms with Gasteiger partial charge in [-0.1, -0.05) is 24.2 Å². The number of fused-ring (bicyclic) bond motifs is 2. The lowest BCUT2D eigenvalue weighted by Gasteiger charge is -2.40. The van der Waals surface area contributed by atoms with Gasteiger partial charge < -0.3 is 29.6 Å². The molecule has 2 aromatic rings. The summed E-state index contributed by atoms with van der Waals surface area (Å²) in [4.78, 5) is 47.8. The van der Waals surface area contributed by atoms with Gasteiger partial charge in [0.2, 0.25) is 5.91 Å². The van der Waals surface area contributed by atoms with E-state index < -0.39 is 40.9 Å². The van der Waals surface area contributed by atoms with E-state index >= 15 is 4.39 Å². The third-order valence-corrected chi connectivity index (χ3v) is 8.00. The van der Waals surface area contributed by atoms with Gasteiger partial charge in [0, 0.05) is 31.7 Å². The Balaban J connectivity index is 1.70. The van der Waals surface area contributed by atoms with Gasteiger partial charge in [-0.05, 0) is 38.5 Å². The summed E-state index contributed by atoms with van der Waals surface area (Å²) in [5, 5.41) is 20.1. The lowest BCUT2D eigenvalue weighted by Crippen LogP contribution is -2.57. The minimum absolute atomic E-state index is 0.00727. The third kappa shape index (κ3) is 4.44. The number of carboxylic acid groups (broad SMARTS) is 1. The predicted octanol–water partition coefficient (Wildman–Crippen LogP) is 3.17. The second kappa shape index (κ2) is 9.71. The van der Waals surface area contributed by atoms with Crippen molar-refractivity contribution in [3.63, 3.8) is 0 Å². The highest BCUT2D eigenvalue weighted by Gasteiger charge is 2.47. The molecular weight excluding hydrogens is 531 g/mol. The number of phenolic OH excluding ortho intramolecular Hbond substituents is 1. The van der Waals surface area contributed by atoms with Crippen molar-refractivity contribution in [2.45, 2.75) is 31.8 Å². The SMILES string of the molecule is C=CC(=O)N1CCN2C(=O)c3c(N4CC(C(=O)O)CC4(C)C)nc(-c4c(O)cccc4F)c(Cl)c3OC[C@H]2C1. The number of hydrogen-bond acceptors (Lipinski definition) is 7. The molecule has 0 radical (unpaired) electrons. The van der Waals surface area contributed by atoms with E-state index in [0.717, 1.165) is 6.07 Å². The van der Waals surface area contributed by atoms with Crippen molar-refractivity contribution < 1.29 is 33.7 Å². The van der Waals surface area contributed by atoms with Gasteiger partial charge in [0.1, 0.15) is 40.3 Å². The standard InChI is InChI=1S/C27H28ClFN4O6/c1-4-18(35)31-8-9-32-15(12-31)13-39-23-20(25(32)36)24(33-11-14(26(37)38)10-27(33,2)3)30-22(21(23)28)19-16(29)6-5-7-17(19)34/h4-7,14-15,34H,1,8-13H2,2-3H3,(H,37,38)/t14?,15-/m1/s1. The monoisotopic (exact) mass is 558 g/mol. The van der Waals surface area contributed by atoms with Crippen LogP contribution >= 0.6 is 11.6 Å². The fourth-order valence-electron chi connectivity index (χ4n) is 5.67. The first-order chi connectivity index (χ1) is 18.4. The molecule has 2 saturated heterocycles. The number of aliphatic carboxylic acids is 1. The molecule has 10 nitrogen and oxygen atoms in total. The predicted molar refractivity (Wildman–Crippen MR) is 141 cm³/mol. The van der Waals surface area contributed by atoms with Gasteiger partial charge in [-0.25, -0.2) is 9.37 Å². The molecule has 1 aromatic heterocycles. The van der Waals surface area contributed by atoms with Crippen LogP contribution in [-0.2, 0) is 9.59 Å². The van der Waals surface area contributed by atoms with E-state index in [1.807, 2.05) is 13.8 Å². The van der Waals surface area contributed by atoms with Crippen LogP contribution < -0.4 is 9.64 Å². The number of hydrogen-bond donors (Lipinski definition) is 2. The Kier molecular flexibility index (Phi) is 6.66. The van der Waals surface area contributed by atoms with Crippen molar-refractivity contribution in [3.05, 3.63) is 47.3 Å². The van der Waals surface area contributed by atoms with Crippen LogP contribution in [0.15, 0.2) is 30.9 Å². The summed E-state index contributed by atoms with van der Waals surface area (Å²) in [6, 6.07) is 3.27. The van der Waals surface area contributed by atoms with Crippen LogP contribution in [0.4, 0.5) is 10.2 Å². The van der Waals surface area contributed by atoms with E-state index in [-0.39, 0.29) is 78.5 Å². The lowest BCUT2D eigenvalue weighted by molar-refractivity contribution is -0.141. The first-order valence-corrected chi connectivity index (χ1v) is 12.9. The molecule has 0 spiro atoms. The molecule has 206 valence electrons. The molecule has 1 unspecified atom stereocenters. The summed E-state index contributed by atoms with van der Waals surface area (Å²) in [5.74, 6) is -3.55. The molecule has 2 atom stereocenters. The topological polar surface area (TPSA) is 124 Å². The number of anilines is 1. The van der Waals surface area contributed by atoms with Crippen molar-refractivity contribution in [1.82, 2.24) is 14.8 Å². The Bertz CT molecular complexity index is 1380. The zero-order valence-electron chi connectivity index (χ0n) is 21.5. The molecule has 5 rings (SSSR count). The zero-order valence-corrected chi connectivity index (χ0v) is 22.2. The number of aromatic hydroxyl groups is 1. The maximum Gasteiger partial charge on any atom is 0.308 e. The second-order valence-corrected chi connectivity index (χ2v) is 10.9. The molecule has 0 aliphatic carbocycles. The van der Waals surface area contributed by atoms with Gasteiger partial charge in [-0.15, -0.1) is 0 Å². The smallest absolute Gasteiger partial charge is 0.308 e. The lowest BCUT2D eigenvalue weighted by atomic mass is 9.96. The van der Waals surface area contributed by atoms with Crippen molar-refractivity contribution in [1.29, 1.82) is 0 Å². The average Bonchev–Trinajstić information content (AvgIpc) is 3.14. The van der Waals surface area contributed by atoms with Crippen molar-refractivity contribution in [2.75, 3.05) is 37.7 Å². The number of phenols is 1. The summed E-state index contributed by atoms with van der Waals surface area (Å²) in [5.41, 5.74) is -1.11. The van der Waals surface area contributed by atoms with Gasteiger partial charge in [0.25, 0.3) is 5.91 Å². The number of carbonyl (C=O) groups is 3. The molecule has 0 bridgehead atoms.